The van der Waals surface area contributed by atoms with Crippen LogP contribution in [0.2, 0.25) is 5.02 Å². The summed E-state index contributed by atoms with van der Waals surface area (Å²) in [4.78, 5) is 26.1. The van der Waals surface area contributed by atoms with Crippen molar-refractivity contribution in [2.45, 2.75) is 50.5 Å². The van der Waals surface area contributed by atoms with E-state index in [4.69, 9.17) is 11.6 Å². The van der Waals surface area contributed by atoms with Crippen LogP contribution < -0.4 is 10.6 Å². The average molecular weight is 703 g/mol. The number of carbonyl (C=O) groups excluding carboxylic acids is 2. The number of alkyl halides is 10. The highest BCUT2D eigenvalue weighted by Gasteiger charge is 2.61. The number of aryl methyl sites for hydroxylation is 1. The largest absolute Gasteiger partial charge is 0.458 e. The van der Waals surface area contributed by atoms with Crippen LogP contribution in [-0.4, -0.2) is 42.2 Å². The predicted octanol–water partition coefficient (Wildman–Crippen LogP) is 9.28. The van der Waals surface area contributed by atoms with E-state index < -0.39 is 65.2 Å². The van der Waals surface area contributed by atoms with E-state index in [1.807, 2.05) is 6.26 Å². The quantitative estimate of drug-likeness (QED) is 0.207. The molecule has 0 spiro atoms. The second-order valence-electron chi connectivity index (χ2n) is 10.3. The molecule has 3 aromatic carbocycles. The maximum atomic E-state index is 14.1. The van der Waals surface area contributed by atoms with Gasteiger partial charge in [-0.05, 0) is 79.6 Å². The van der Waals surface area contributed by atoms with Crippen molar-refractivity contribution in [2.75, 3.05) is 17.3 Å². The van der Waals surface area contributed by atoms with E-state index >= 15 is 0 Å². The van der Waals surface area contributed by atoms with Crippen LogP contribution in [0.15, 0.2) is 54.6 Å². The standard InChI is InChI=1S/C30H25ClF10N2O2S/c1-15-9-17(10-18-11-19(27(32,33)29(36,37)38)13-20(12-18)28(34,35)30(39,40)41)7-8-23(15)43-25(44)21-5-4-6-22(31)24(21)26(45)42-16(2)14-46-3/h4-9,11-13,16H,10,14H2,1-3H3,(H,42,45)(H,43,44)/t16-/m0/s1. The number of amides is 2. The summed E-state index contributed by atoms with van der Waals surface area (Å²) in [5.74, 6) is -12.2. The van der Waals surface area contributed by atoms with Gasteiger partial charge in [0.05, 0.1) is 16.1 Å². The number of benzene rings is 3. The fraction of sp³-hybridized carbons (Fsp3) is 0.333. The Morgan fingerprint density at radius 3 is 1.87 bits per heavy atom. The first-order chi connectivity index (χ1) is 21.1. The summed E-state index contributed by atoms with van der Waals surface area (Å²) < 4.78 is 135. The minimum absolute atomic E-state index is 0.00220. The second kappa shape index (κ2) is 13.7. The zero-order chi connectivity index (χ0) is 34.8. The van der Waals surface area contributed by atoms with Crippen molar-refractivity contribution >= 4 is 40.9 Å². The van der Waals surface area contributed by atoms with Crippen molar-refractivity contribution in [2.24, 2.45) is 0 Å². The van der Waals surface area contributed by atoms with Gasteiger partial charge in [-0.25, -0.2) is 0 Å². The van der Waals surface area contributed by atoms with Gasteiger partial charge in [0.2, 0.25) is 0 Å². The van der Waals surface area contributed by atoms with Gasteiger partial charge in [-0.3, -0.25) is 9.59 Å². The Bertz CT molecular complexity index is 1570. The topological polar surface area (TPSA) is 58.2 Å². The molecule has 2 amide bonds. The van der Waals surface area contributed by atoms with E-state index in [0.717, 1.165) is 0 Å². The van der Waals surface area contributed by atoms with E-state index in [1.165, 1.54) is 55.1 Å². The van der Waals surface area contributed by atoms with Crippen LogP contribution >= 0.6 is 23.4 Å². The van der Waals surface area contributed by atoms with Crippen molar-refractivity contribution in [3.05, 3.63) is 98.6 Å². The van der Waals surface area contributed by atoms with Crippen LogP contribution in [0.4, 0.5) is 49.6 Å². The van der Waals surface area contributed by atoms with Gasteiger partial charge in [-0.2, -0.15) is 55.7 Å². The molecule has 250 valence electrons. The third kappa shape index (κ3) is 8.08. The Morgan fingerprint density at radius 1 is 0.804 bits per heavy atom. The van der Waals surface area contributed by atoms with Crippen LogP contribution in [0.1, 0.15) is 55.5 Å². The molecule has 3 aromatic rings. The summed E-state index contributed by atoms with van der Waals surface area (Å²) in [6.07, 6.45) is -11.3. The Labute approximate surface area is 265 Å². The smallest absolute Gasteiger partial charge is 0.349 e. The molecule has 0 fully saturated rings. The Hall–Kier alpha value is -3.46. The zero-order valence-corrected chi connectivity index (χ0v) is 25.6. The van der Waals surface area contributed by atoms with E-state index in [-0.39, 0.29) is 45.6 Å². The number of thioether (sulfide) groups is 1. The summed E-state index contributed by atoms with van der Waals surface area (Å²) in [6, 6.07) is 7.76. The highest BCUT2D eigenvalue weighted by Crippen LogP contribution is 2.48. The molecular weight excluding hydrogens is 678 g/mol. The average Bonchev–Trinajstić information content (AvgIpc) is 2.92. The minimum Gasteiger partial charge on any atom is -0.349 e. The lowest BCUT2D eigenvalue weighted by atomic mass is 9.93. The molecule has 0 saturated carbocycles. The first-order valence-corrected chi connectivity index (χ1v) is 14.9. The van der Waals surface area contributed by atoms with Crippen molar-refractivity contribution in [1.82, 2.24) is 5.32 Å². The molecule has 0 aliphatic carbocycles. The normalized spacial score (nSPS) is 13.3. The molecule has 0 unspecified atom stereocenters. The summed E-state index contributed by atoms with van der Waals surface area (Å²) in [5, 5.41) is 5.32. The molecule has 4 nitrogen and oxygen atoms in total. The highest BCUT2D eigenvalue weighted by molar-refractivity contribution is 7.98. The van der Waals surface area contributed by atoms with Crippen LogP contribution in [0, 0.1) is 6.92 Å². The molecule has 16 heteroatoms. The molecule has 0 heterocycles. The summed E-state index contributed by atoms with van der Waals surface area (Å²) in [7, 11) is 0. The minimum atomic E-state index is -6.27. The third-order valence-electron chi connectivity index (χ3n) is 6.66. The lowest BCUT2D eigenvalue weighted by molar-refractivity contribution is -0.292. The highest BCUT2D eigenvalue weighted by atomic mass is 35.5. The van der Waals surface area contributed by atoms with Gasteiger partial charge in [-0.1, -0.05) is 29.8 Å². The first-order valence-electron chi connectivity index (χ1n) is 13.1. The fourth-order valence-corrected chi connectivity index (χ4v) is 5.26. The van der Waals surface area contributed by atoms with Crippen LogP contribution in [0.3, 0.4) is 0 Å². The molecule has 0 aliphatic heterocycles. The summed E-state index contributed by atoms with van der Waals surface area (Å²) >= 11 is 7.71. The van der Waals surface area contributed by atoms with Crippen molar-refractivity contribution < 1.29 is 53.5 Å². The Morgan fingerprint density at radius 2 is 1.37 bits per heavy atom. The van der Waals surface area contributed by atoms with Gasteiger partial charge in [0.25, 0.3) is 11.8 Å². The molecular formula is C30H25ClF10N2O2S. The predicted molar refractivity (Wildman–Crippen MR) is 155 cm³/mol. The number of nitrogens with one attached hydrogen (secondary N) is 2. The van der Waals surface area contributed by atoms with Crippen molar-refractivity contribution in [3.8, 4) is 0 Å². The molecule has 0 radical (unpaired) electrons. The molecule has 0 aromatic heterocycles. The van der Waals surface area contributed by atoms with Gasteiger partial charge >= 0.3 is 24.2 Å². The number of hydrogen-bond donors (Lipinski definition) is 2. The number of carbonyl (C=O) groups is 2. The van der Waals surface area contributed by atoms with E-state index in [0.29, 0.717) is 11.3 Å². The van der Waals surface area contributed by atoms with Crippen LogP contribution in [-0.2, 0) is 18.3 Å². The number of hydrogen-bond acceptors (Lipinski definition) is 3. The molecule has 2 N–H and O–H groups in total. The maximum absolute atomic E-state index is 14.1. The van der Waals surface area contributed by atoms with Crippen molar-refractivity contribution in [1.29, 1.82) is 0 Å². The van der Waals surface area contributed by atoms with Gasteiger partial charge in [-0.15, -0.1) is 0 Å². The molecule has 0 aliphatic rings. The maximum Gasteiger partial charge on any atom is 0.458 e. The van der Waals surface area contributed by atoms with Crippen LogP contribution in [0.25, 0.3) is 0 Å². The monoisotopic (exact) mass is 702 g/mol. The van der Waals surface area contributed by atoms with E-state index in [1.54, 1.807) is 6.92 Å². The molecule has 0 bridgehead atoms. The number of rotatable bonds is 10. The van der Waals surface area contributed by atoms with Gasteiger partial charge in [0.15, 0.2) is 0 Å². The second-order valence-corrected chi connectivity index (χ2v) is 11.7. The van der Waals surface area contributed by atoms with E-state index in [9.17, 15) is 53.5 Å². The fourth-order valence-electron chi connectivity index (χ4n) is 4.42. The SMILES string of the molecule is CSC[C@H](C)NC(=O)c1c(Cl)cccc1C(=O)Nc1ccc(Cc2cc(C(F)(F)C(F)(F)F)cc(C(F)(F)C(F)(F)F)c2)cc1C. The van der Waals surface area contributed by atoms with Gasteiger partial charge < -0.3 is 10.6 Å². The van der Waals surface area contributed by atoms with E-state index in [2.05, 4.69) is 10.6 Å². The lowest BCUT2D eigenvalue weighted by Gasteiger charge is -2.25. The molecule has 46 heavy (non-hydrogen) atoms. The Kier molecular flexibility index (Phi) is 11.0. The number of halogens is 11. The summed E-state index contributed by atoms with van der Waals surface area (Å²) in [5.41, 5.74) is -4.43. The first kappa shape index (κ1) is 37.0. The lowest BCUT2D eigenvalue weighted by Crippen LogP contribution is -2.36. The molecule has 3 rings (SSSR count). The molecule has 1 atom stereocenters. The molecule has 0 saturated heterocycles. The van der Waals surface area contributed by atoms with Crippen molar-refractivity contribution in [3.63, 3.8) is 0 Å². The van der Waals surface area contributed by atoms with Gasteiger partial charge in [0, 0.05) is 28.6 Å². The van der Waals surface area contributed by atoms with Gasteiger partial charge in [0.1, 0.15) is 0 Å². The zero-order valence-electron chi connectivity index (χ0n) is 24.1. The Balaban J connectivity index is 1.94. The summed E-state index contributed by atoms with van der Waals surface area (Å²) in [6.45, 7) is 3.23. The third-order valence-corrected chi connectivity index (χ3v) is 7.80. The van der Waals surface area contributed by atoms with Crippen LogP contribution in [0.5, 0.6) is 0 Å². The number of anilines is 1.